The summed E-state index contributed by atoms with van der Waals surface area (Å²) in [7, 11) is -2.63. The Balaban J connectivity index is 1.48. The van der Waals surface area contributed by atoms with Crippen LogP contribution in [0.4, 0.5) is 10.1 Å². The van der Waals surface area contributed by atoms with E-state index in [-0.39, 0.29) is 10.6 Å². The van der Waals surface area contributed by atoms with Crippen LogP contribution in [0.1, 0.15) is 16.7 Å². The van der Waals surface area contributed by atoms with Crippen LogP contribution in [0, 0.1) is 12.7 Å². The molecule has 4 aromatic carbocycles. The molecular weight excluding hydrogens is 613 g/mol. The van der Waals surface area contributed by atoms with Crippen molar-refractivity contribution in [3.63, 3.8) is 0 Å². The fourth-order valence-electron chi connectivity index (χ4n) is 3.79. The van der Waals surface area contributed by atoms with Crippen molar-refractivity contribution in [1.29, 1.82) is 0 Å². The van der Waals surface area contributed by atoms with E-state index < -0.39 is 28.3 Å². The van der Waals surface area contributed by atoms with Gasteiger partial charge in [-0.25, -0.2) is 18.2 Å². The van der Waals surface area contributed by atoms with Crippen molar-refractivity contribution in [2.45, 2.75) is 18.4 Å². The van der Waals surface area contributed by atoms with Gasteiger partial charge in [-0.1, -0.05) is 48.0 Å². The molecule has 0 heterocycles. The molecule has 0 fully saturated rings. The van der Waals surface area contributed by atoms with Crippen molar-refractivity contribution >= 4 is 43.8 Å². The van der Waals surface area contributed by atoms with Gasteiger partial charge in [0.1, 0.15) is 19.0 Å². The zero-order valence-corrected chi connectivity index (χ0v) is 24.7. The van der Waals surface area contributed by atoms with Gasteiger partial charge in [-0.2, -0.15) is 5.10 Å². The average molecular weight is 641 g/mol. The van der Waals surface area contributed by atoms with E-state index in [1.54, 1.807) is 24.3 Å². The van der Waals surface area contributed by atoms with E-state index in [9.17, 15) is 17.6 Å². The van der Waals surface area contributed by atoms with Gasteiger partial charge in [-0.15, -0.1) is 0 Å². The summed E-state index contributed by atoms with van der Waals surface area (Å²) in [6, 6.07) is 24.2. The summed E-state index contributed by atoms with van der Waals surface area (Å²) in [5, 5.41) is 3.99. The van der Waals surface area contributed by atoms with Crippen LogP contribution in [0.2, 0.25) is 0 Å². The highest BCUT2D eigenvalue weighted by Gasteiger charge is 2.27. The lowest BCUT2D eigenvalue weighted by atomic mass is 10.2. The largest absolute Gasteiger partial charge is 0.493 e. The van der Waals surface area contributed by atoms with Gasteiger partial charge < -0.3 is 9.47 Å². The second-order valence-electron chi connectivity index (χ2n) is 8.90. The number of hydrazone groups is 1. The lowest BCUT2D eigenvalue weighted by Gasteiger charge is -2.23. The summed E-state index contributed by atoms with van der Waals surface area (Å²) in [5.74, 6) is -0.271. The number of aryl methyl sites for hydroxylation is 1. The first kappa shape index (κ1) is 29.8. The Morgan fingerprint density at radius 1 is 1.02 bits per heavy atom. The summed E-state index contributed by atoms with van der Waals surface area (Å²) >= 11 is 3.49. The van der Waals surface area contributed by atoms with Crippen molar-refractivity contribution < 1.29 is 27.1 Å². The molecule has 0 spiro atoms. The van der Waals surface area contributed by atoms with Crippen molar-refractivity contribution in [1.82, 2.24) is 5.43 Å². The summed E-state index contributed by atoms with van der Waals surface area (Å²) in [5.41, 5.74) is 4.95. The summed E-state index contributed by atoms with van der Waals surface area (Å²) in [6.45, 7) is 1.59. The highest BCUT2D eigenvalue weighted by Crippen LogP contribution is 2.37. The van der Waals surface area contributed by atoms with E-state index in [4.69, 9.17) is 9.47 Å². The number of benzene rings is 4. The fourth-order valence-corrected chi connectivity index (χ4v) is 5.78. The maximum atomic E-state index is 13.5. The number of sulfonamides is 1. The van der Waals surface area contributed by atoms with E-state index in [0.29, 0.717) is 28.1 Å². The van der Waals surface area contributed by atoms with Crippen molar-refractivity contribution in [2.75, 3.05) is 18.0 Å². The third-order valence-electron chi connectivity index (χ3n) is 5.89. The highest BCUT2D eigenvalue weighted by atomic mass is 79.9. The molecule has 0 atom stereocenters. The Kier molecular flexibility index (Phi) is 9.74. The minimum absolute atomic E-state index is 0.00440. The van der Waals surface area contributed by atoms with Gasteiger partial charge in [0.2, 0.25) is 0 Å². The molecule has 4 aromatic rings. The van der Waals surface area contributed by atoms with Gasteiger partial charge in [-0.05, 0) is 82.5 Å². The molecule has 4 rings (SSSR count). The Morgan fingerprint density at radius 2 is 1.71 bits per heavy atom. The molecule has 0 unspecified atom stereocenters. The quantitative estimate of drug-likeness (QED) is 0.165. The minimum atomic E-state index is -4.14. The topological polar surface area (TPSA) is 97.3 Å². The summed E-state index contributed by atoms with van der Waals surface area (Å²) in [6.07, 6.45) is 1.39. The van der Waals surface area contributed by atoms with Gasteiger partial charge in [-0.3, -0.25) is 9.10 Å². The predicted octanol–water partition coefficient (Wildman–Crippen LogP) is 5.83. The fraction of sp³-hybridized carbons (Fsp3) is 0.133. The molecule has 8 nitrogen and oxygen atoms in total. The molecule has 1 N–H and O–H groups in total. The number of hydrogen-bond donors (Lipinski definition) is 1. The zero-order valence-electron chi connectivity index (χ0n) is 22.3. The van der Waals surface area contributed by atoms with Crippen LogP contribution in [-0.2, 0) is 21.4 Å². The Morgan fingerprint density at radius 3 is 2.37 bits per heavy atom. The van der Waals surface area contributed by atoms with Gasteiger partial charge in [0.25, 0.3) is 15.9 Å². The Hall–Kier alpha value is -4.22. The molecule has 0 bridgehead atoms. The van der Waals surface area contributed by atoms with Crippen molar-refractivity contribution in [3.8, 4) is 11.5 Å². The van der Waals surface area contributed by atoms with E-state index >= 15 is 0 Å². The van der Waals surface area contributed by atoms with Crippen LogP contribution in [-0.4, -0.2) is 34.2 Å². The highest BCUT2D eigenvalue weighted by molar-refractivity contribution is 9.10. The average Bonchev–Trinajstić information content (AvgIpc) is 2.96. The molecule has 0 aliphatic rings. The van der Waals surface area contributed by atoms with E-state index in [0.717, 1.165) is 27.6 Å². The lowest BCUT2D eigenvalue weighted by molar-refractivity contribution is -0.119. The molecule has 1 amide bonds. The number of methoxy groups -OCH3 is 1. The Bertz CT molecular complexity index is 1630. The minimum Gasteiger partial charge on any atom is -0.493 e. The number of carbonyl (C=O) groups is 1. The lowest BCUT2D eigenvalue weighted by Crippen LogP contribution is -2.39. The first-order chi connectivity index (χ1) is 19.7. The predicted molar refractivity (Wildman–Crippen MR) is 159 cm³/mol. The molecule has 0 aliphatic carbocycles. The Labute approximate surface area is 246 Å². The molecule has 11 heteroatoms. The third kappa shape index (κ3) is 7.71. The normalized spacial score (nSPS) is 11.3. The van der Waals surface area contributed by atoms with Crippen LogP contribution in [0.15, 0.2) is 105 Å². The maximum absolute atomic E-state index is 13.5. The van der Waals surface area contributed by atoms with Gasteiger partial charge in [0.05, 0.1) is 28.4 Å². The van der Waals surface area contributed by atoms with Crippen LogP contribution < -0.4 is 19.2 Å². The van der Waals surface area contributed by atoms with Crippen molar-refractivity contribution in [2.24, 2.45) is 5.10 Å². The summed E-state index contributed by atoms with van der Waals surface area (Å²) < 4.78 is 53.3. The molecule has 0 saturated heterocycles. The van der Waals surface area contributed by atoms with E-state index in [1.165, 1.54) is 37.6 Å². The third-order valence-corrected chi connectivity index (χ3v) is 8.27. The molecule has 41 heavy (non-hydrogen) atoms. The van der Waals surface area contributed by atoms with Crippen LogP contribution in [0.25, 0.3) is 0 Å². The number of amides is 1. The molecule has 0 radical (unpaired) electrons. The number of carbonyl (C=O) groups excluding carboxylic acids is 1. The van der Waals surface area contributed by atoms with Crippen LogP contribution in [0.5, 0.6) is 11.5 Å². The van der Waals surface area contributed by atoms with Gasteiger partial charge in [0, 0.05) is 0 Å². The standard InChI is InChI=1S/C30H27BrFN3O5S/c1-21-8-14-26(15-9-21)41(37,38)35(25-12-10-24(32)11-13-25)19-29(36)34-33-18-23-16-27(31)30(28(17-23)39-2)40-20-22-6-4-3-5-7-22/h3-18H,19-20H2,1-2H3,(H,34,36)/b33-18-. The second kappa shape index (κ2) is 13.4. The van der Waals surface area contributed by atoms with Gasteiger partial charge >= 0.3 is 0 Å². The van der Waals surface area contributed by atoms with Crippen LogP contribution in [0.3, 0.4) is 0 Å². The number of nitrogens with zero attached hydrogens (tertiary/aromatic N) is 2. The maximum Gasteiger partial charge on any atom is 0.264 e. The number of anilines is 1. The number of nitrogens with one attached hydrogen (secondary N) is 1. The number of hydrogen-bond acceptors (Lipinski definition) is 6. The molecule has 212 valence electrons. The monoisotopic (exact) mass is 639 g/mol. The number of rotatable bonds is 11. The van der Waals surface area contributed by atoms with E-state index in [1.807, 2.05) is 37.3 Å². The molecule has 0 aliphatic heterocycles. The van der Waals surface area contributed by atoms with Crippen molar-refractivity contribution in [3.05, 3.63) is 118 Å². The summed E-state index contributed by atoms with van der Waals surface area (Å²) in [4.78, 5) is 12.8. The van der Waals surface area contributed by atoms with E-state index in [2.05, 4.69) is 26.5 Å². The molecule has 0 aromatic heterocycles. The van der Waals surface area contributed by atoms with Gasteiger partial charge in [0.15, 0.2) is 11.5 Å². The smallest absolute Gasteiger partial charge is 0.264 e. The number of ether oxygens (including phenoxy) is 2. The molecule has 0 saturated carbocycles. The second-order valence-corrected chi connectivity index (χ2v) is 11.6. The SMILES string of the molecule is COc1cc(/C=N\NC(=O)CN(c2ccc(F)cc2)S(=O)(=O)c2ccc(C)cc2)cc(Br)c1OCc1ccccc1. The molecular formula is C30H27BrFN3O5S. The number of halogens is 2. The zero-order chi connectivity index (χ0) is 29.4. The van der Waals surface area contributed by atoms with Crippen LogP contribution >= 0.6 is 15.9 Å². The first-order valence-electron chi connectivity index (χ1n) is 12.4. The first-order valence-corrected chi connectivity index (χ1v) is 14.6.